The van der Waals surface area contributed by atoms with E-state index in [2.05, 4.69) is 17.2 Å². The summed E-state index contributed by atoms with van der Waals surface area (Å²) in [5.74, 6) is 0.849. The van der Waals surface area contributed by atoms with Crippen LogP contribution in [0.1, 0.15) is 46.1 Å². The van der Waals surface area contributed by atoms with Gasteiger partial charge in [0.15, 0.2) is 0 Å². The van der Waals surface area contributed by atoms with Crippen LogP contribution in [0.4, 0.5) is 0 Å². The fourth-order valence-electron chi connectivity index (χ4n) is 2.10. The maximum absolute atomic E-state index is 10.7. The molecule has 0 saturated carbocycles. The summed E-state index contributed by atoms with van der Waals surface area (Å²) >= 11 is 0. The van der Waals surface area contributed by atoms with Crippen LogP contribution in [0.2, 0.25) is 0 Å². The number of nitrogens with zero attached hydrogens (tertiary/aromatic N) is 1. The second kappa shape index (κ2) is 5.88. The first-order valence-corrected chi connectivity index (χ1v) is 6.46. The first-order valence-electron chi connectivity index (χ1n) is 6.46. The van der Waals surface area contributed by atoms with Crippen molar-refractivity contribution in [1.82, 2.24) is 10.3 Å². The van der Waals surface area contributed by atoms with Crippen molar-refractivity contribution in [1.29, 1.82) is 0 Å². The Labute approximate surface area is 117 Å². The van der Waals surface area contributed by atoms with Crippen LogP contribution in [0, 0.1) is 13.8 Å². The molecule has 0 amide bonds. The third-order valence-corrected chi connectivity index (χ3v) is 3.21. The highest BCUT2D eigenvalue weighted by molar-refractivity contribution is 5.87. The number of hydrogen-bond donors (Lipinski definition) is 2. The van der Waals surface area contributed by atoms with E-state index < -0.39 is 5.97 Å². The zero-order valence-corrected chi connectivity index (χ0v) is 11.8. The van der Waals surface area contributed by atoms with E-state index in [-0.39, 0.29) is 11.6 Å². The number of carboxylic acids is 1. The molecule has 0 fully saturated rings. The van der Waals surface area contributed by atoms with Crippen molar-refractivity contribution < 1.29 is 14.3 Å². The maximum Gasteiger partial charge on any atom is 0.337 e. The van der Waals surface area contributed by atoms with Gasteiger partial charge in [-0.15, -0.1) is 0 Å². The molecule has 0 aliphatic carbocycles. The SMILES string of the molecule is Cc1cc(C(C)NCc2ccc(C(=O)O)cn2)c(C)o1. The third kappa shape index (κ3) is 3.24. The number of hydrogen-bond acceptors (Lipinski definition) is 4. The van der Waals surface area contributed by atoms with Crippen LogP contribution >= 0.6 is 0 Å². The summed E-state index contributed by atoms with van der Waals surface area (Å²) in [6, 6.07) is 5.45. The minimum absolute atomic E-state index is 0.147. The monoisotopic (exact) mass is 274 g/mol. The molecule has 2 aromatic rings. The van der Waals surface area contributed by atoms with Crippen LogP contribution in [0.3, 0.4) is 0 Å². The Balaban J connectivity index is 1.98. The summed E-state index contributed by atoms with van der Waals surface area (Å²) in [6.07, 6.45) is 1.37. The quantitative estimate of drug-likeness (QED) is 0.876. The van der Waals surface area contributed by atoms with E-state index in [0.717, 1.165) is 22.8 Å². The minimum Gasteiger partial charge on any atom is -0.478 e. The van der Waals surface area contributed by atoms with Gasteiger partial charge in [-0.05, 0) is 39.0 Å². The Hall–Kier alpha value is -2.14. The van der Waals surface area contributed by atoms with Crippen LogP contribution < -0.4 is 5.32 Å². The fraction of sp³-hybridized carbons (Fsp3) is 0.333. The standard InChI is InChI=1S/C15H18N2O3/c1-9-6-14(11(3)20-9)10(2)16-8-13-5-4-12(7-17-13)15(18)19/h4-7,10,16H,8H2,1-3H3,(H,18,19). The first kappa shape index (κ1) is 14.3. The Kier molecular flexibility index (Phi) is 4.20. The number of nitrogens with one attached hydrogen (secondary N) is 1. The van der Waals surface area contributed by atoms with E-state index in [1.54, 1.807) is 12.1 Å². The third-order valence-electron chi connectivity index (χ3n) is 3.21. The van der Waals surface area contributed by atoms with Gasteiger partial charge >= 0.3 is 5.97 Å². The molecule has 0 aromatic carbocycles. The summed E-state index contributed by atoms with van der Waals surface area (Å²) in [6.45, 7) is 6.50. The number of rotatable bonds is 5. The average molecular weight is 274 g/mol. The molecule has 0 aliphatic rings. The van der Waals surface area contributed by atoms with Crippen LogP contribution in [-0.2, 0) is 6.54 Å². The largest absolute Gasteiger partial charge is 0.478 e. The summed E-state index contributed by atoms with van der Waals surface area (Å²) in [7, 11) is 0. The van der Waals surface area contributed by atoms with Gasteiger partial charge in [0.05, 0.1) is 11.3 Å². The van der Waals surface area contributed by atoms with Crippen LogP contribution in [0.15, 0.2) is 28.8 Å². The summed E-state index contributed by atoms with van der Waals surface area (Å²) < 4.78 is 5.51. The van der Waals surface area contributed by atoms with Crippen molar-refractivity contribution >= 4 is 5.97 Å². The molecule has 0 bridgehead atoms. The summed E-state index contributed by atoms with van der Waals surface area (Å²) in [5.41, 5.74) is 2.13. The lowest BCUT2D eigenvalue weighted by molar-refractivity contribution is 0.0696. The number of aromatic nitrogens is 1. The summed E-state index contributed by atoms with van der Waals surface area (Å²) in [4.78, 5) is 14.9. The highest BCUT2D eigenvalue weighted by atomic mass is 16.4. The molecule has 1 atom stereocenters. The maximum atomic E-state index is 10.7. The van der Waals surface area contributed by atoms with Crippen molar-refractivity contribution in [3.8, 4) is 0 Å². The lowest BCUT2D eigenvalue weighted by Crippen LogP contribution is -2.19. The molecule has 1 unspecified atom stereocenters. The zero-order chi connectivity index (χ0) is 14.7. The van der Waals surface area contributed by atoms with E-state index in [9.17, 15) is 4.79 Å². The highest BCUT2D eigenvalue weighted by Crippen LogP contribution is 2.21. The molecule has 2 heterocycles. The zero-order valence-electron chi connectivity index (χ0n) is 11.8. The predicted molar refractivity (Wildman–Crippen MR) is 74.6 cm³/mol. The number of pyridine rings is 1. The molecular weight excluding hydrogens is 256 g/mol. The number of aryl methyl sites for hydroxylation is 2. The number of carboxylic acid groups (broad SMARTS) is 1. The number of aromatic carboxylic acids is 1. The highest BCUT2D eigenvalue weighted by Gasteiger charge is 2.12. The smallest absolute Gasteiger partial charge is 0.337 e. The van der Waals surface area contributed by atoms with Crippen molar-refractivity contribution in [3.05, 3.63) is 52.7 Å². The van der Waals surface area contributed by atoms with Gasteiger partial charge < -0.3 is 14.8 Å². The molecule has 2 rings (SSSR count). The van der Waals surface area contributed by atoms with Crippen LogP contribution in [-0.4, -0.2) is 16.1 Å². The molecule has 0 radical (unpaired) electrons. The van der Waals surface area contributed by atoms with Gasteiger partial charge in [0.1, 0.15) is 11.5 Å². The van der Waals surface area contributed by atoms with Crippen molar-refractivity contribution in [2.45, 2.75) is 33.4 Å². The molecule has 106 valence electrons. The second-order valence-corrected chi connectivity index (χ2v) is 4.81. The molecule has 5 nitrogen and oxygen atoms in total. The Morgan fingerprint density at radius 3 is 2.70 bits per heavy atom. The minimum atomic E-state index is -0.963. The molecule has 0 aliphatic heterocycles. The molecule has 2 aromatic heterocycles. The average Bonchev–Trinajstić information content (AvgIpc) is 2.75. The van der Waals surface area contributed by atoms with E-state index in [0.29, 0.717) is 6.54 Å². The van der Waals surface area contributed by atoms with E-state index >= 15 is 0 Å². The van der Waals surface area contributed by atoms with Gasteiger partial charge in [-0.3, -0.25) is 4.98 Å². The topological polar surface area (TPSA) is 75.4 Å². The van der Waals surface area contributed by atoms with E-state index in [1.165, 1.54) is 6.20 Å². The summed E-state index contributed by atoms with van der Waals surface area (Å²) in [5, 5.41) is 12.2. The molecule has 2 N–H and O–H groups in total. The Bertz CT molecular complexity index is 602. The molecule has 5 heteroatoms. The van der Waals surface area contributed by atoms with Crippen molar-refractivity contribution in [3.63, 3.8) is 0 Å². The lowest BCUT2D eigenvalue weighted by atomic mass is 10.1. The molecular formula is C15H18N2O3. The molecule has 0 saturated heterocycles. The van der Waals surface area contributed by atoms with Gasteiger partial charge in [0.25, 0.3) is 0 Å². The second-order valence-electron chi connectivity index (χ2n) is 4.81. The predicted octanol–water partition coefficient (Wildman–Crippen LogP) is 2.84. The van der Waals surface area contributed by atoms with Crippen molar-refractivity contribution in [2.75, 3.05) is 0 Å². The lowest BCUT2D eigenvalue weighted by Gasteiger charge is -2.12. The van der Waals surface area contributed by atoms with Gasteiger partial charge in [-0.2, -0.15) is 0 Å². The first-order chi connectivity index (χ1) is 9.47. The Morgan fingerprint density at radius 2 is 2.20 bits per heavy atom. The molecule has 0 spiro atoms. The number of furan rings is 1. The van der Waals surface area contributed by atoms with E-state index in [1.807, 2.05) is 19.9 Å². The van der Waals surface area contributed by atoms with Gasteiger partial charge in [0, 0.05) is 24.3 Å². The fourth-order valence-corrected chi connectivity index (χ4v) is 2.10. The molecule has 20 heavy (non-hydrogen) atoms. The Morgan fingerprint density at radius 1 is 1.45 bits per heavy atom. The van der Waals surface area contributed by atoms with Gasteiger partial charge in [-0.1, -0.05) is 0 Å². The normalized spacial score (nSPS) is 12.3. The van der Waals surface area contributed by atoms with E-state index in [4.69, 9.17) is 9.52 Å². The van der Waals surface area contributed by atoms with Gasteiger partial charge in [-0.25, -0.2) is 4.79 Å². The number of carbonyl (C=O) groups is 1. The van der Waals surface area contributed by atoms with Crippen LogP contribution in [0.5, 0.6) is 0 Å². The van der Waals surface area contributed by atoms with Crippen LogP contribution in [0.25, 0.3) is 0 Å². The van der Waals surface area contributed by atoms with Gasteiger partial charge in [0.2, 0.25) is 0 Å². The van der Waals surface area contributed by atoms with Crippen molar-refractivity contribution in [2.24, 2.45) is 0 Å².